The summed E-state index contributed by atoms with van der Waals surface area (Å²) in [6.45, 7) is 24.3. The van der Waals surface area contributed by atoms with E-state index in [1.54, 1.807) is 18.4 Å². The molecule has 134 valence electrons. The maximum absolute atomic E-state index is 4.86. The van der Waals surface area contributed by atoms with Crippen molar-refractivity contribution in [3.05, 3.63) is 24.1 Å². The molecule has 0 unspecified atom stereocenters. The van der Waals surface area contributed by atoms with E-state index in [1.165, 1.54) is 11.5 Å². The van der Waals surface area contributed by atoms with Crippen LogP contribution in [-0.2, 0) is 29.1 Å². The second kappa shape index (κ2) is 16.9. The first-order valence-electron chi connectivity index (χ1n) is 8.22. The van der Waals surface area contributed by atoms with E-state index >= 15 is 0 Å². The Morgan fingerprint density at radius 3 is 1.14 bits per heavy atom. The number of allylic oxidation sites excluding steroid dienone is 2. The van der Waals surface area contributed by atoms with Crippen LogP contribution >= 0.6 is 15.8 Å². The summed E-state index contributed by atoms with van der Waals surface area (Å²) in [6.07, 6.45) is 6.11. The fraction of sp³-hybridized carbons (Fsp3) is 0.778. The Morgan fingerprint density at radius 2 is 1.05 bits per heavy atom. The molecule has 0 saturated heterocycles. The van der Waals surface area contributed by atoms with Gasteiger partial charge in [-0.1, -0.05) is 0 Å². The Kier molecular flexibility index (Phi) is 21.4. The second-order valence-corrected chi connectivity index (χ2v) is 15.0. The molecule has 0 aliphatic rings. The van der Waals surface area contributed by atoms with Crippen LogP contribution in [0, 0.1) is 6.58 Å². The normalized spacial score (nSPS) is 11.5. The molecule has 22 heavy (non-hydrogen) atoms. The van der Waals surface area contributed by atoms with Crippen LogP contribution in [0.4, 0.5) is 0 Å². The Balaban J connectivity index is -0.000000520. The van der Waals surface area contributed by atoms with Gasteiger partial charge in [0.2, 0.25) is 0 Å². The summed E-state index contributed by atoms with van der Waals surface area (Å²) in [7, 11) is -0.229. The third kappa shape index (κ3) is 14.6. The van der Waals surface area contributed by atoms with E-state index in [2.05, 4.69) is 68.0 Å². The van der Waals surface area contributed by atoms with Crippen molar-refractivity contribution in [2.75, 3.05) is 12.3 Å². The molecule has 0 amide bonds. The quantitative estimate of drug-likeness (QED) is 0.155. The summed E-state index contributed by atoms with van der Waals surface area (Å²) in [4.78, 5) is 0. The van der Waals surface area contributed by atoms with E-state index in [-0.39, 0.29) is 32.3 Å². The van der Waals surface area contributed by atoms with Gasteiger partial charge in [0.15, 0.2) is 0 Å². The van der Waals surface area contributed by atoms with Crippen LogP contribution in [0.1, 0.15) is 55.4 Å². The van der Waals surface area contributed by atoms with Crippen LogP contribution in [0.5, 0.6) is 0 Å². The van der Waals surface area contributed by atoms with Crippen molar-refractivity contribution < 1.29 is 16.5 Å². The molecule has 0 bridgehead atoms. The van der Waals surface area contributed by atoms with Gasteiger partial charge in [-0.2, -0.15) is 0 Å². The van der Waals surface area contributed by atoms with Gasteiger partial charge >= 0.3 is 16.5 Å². The van der Waals surface area contributed by atoms with Gasteiger partial charge in [0.05, 0.1) is 35.0 Å². The molecule has 0 fully saturated rings. The van der Waals surface area contributed by atoms with Crippen molar-refractivity contribution in [1.82, 2.24) is 0 Å². The summed E-state index contributed by atoms with van der Waals surface area (Å²) in [5.41, 5.74) is 3.81. The molecule has 0 atom stereocenters. The van der Waals surface area contributed by atoms with E-state index in [0.717, 1.165) is 22.6 Å². The zero-order chi connectivity index (χ0) is 17.0. The summed E-state index contributed by atoms with van der Waals surface area (Å²) in [5, 5.41) is 1.46. The summed E-state index contributed by atoms with van der Waals surface area (Å²) < 4.78 is 0. The zero-order valence-corrected chi connectivity index (χ0v) is 19.6. The first kappa shape index (κ1) is 27.9. The second-order valence-electron chi connectivity index (χ2n) is 6.79. The van der Waals surface area contributed by atoms with Gasteiger partial charge in [0, 0.05) is 15.8 Å². The Hall–Kier alpha value is 1.05. The largest absolute Gasteiger partial charge is 2.00 e. The minimum atomic E-state index is -0.114. The predicted molar refractivity (Wildman–Crippen MR) is 112 cm³/mol. The van der Waals surface area contributed by atoms with Gasteiger partial charge in [-0.05, 0) is 55.4 Å². The SMILES string of the molecule is CC(C)[PH+](CC[PH+](C(C)C)C(C)C)C(C)C.[CH-]=CC=C[S-].[Ni+2]. The van der Waals surface area contributed by atoms with Crippen LogP contribution < -0.4 is 0 Å². The molecule has 0 radical (unpaired) electrons. The van der Waals surface area contributed by atoms with E-state index < -0.39 is 0 Å². The molecule has 0 nitrogen and oxygen atoms in total. The van der Waals surface area contributed by atoms with E-state index in [4.69, 9.17) is 6.58 Å². The van der Waals surface area contributed by atoms with Crippen LogP contribution in [-0.4, -0.2) is 35.0 Å². The monoisotopic (exact) mass is 406 g/mol. The Bertz CT molecular complexity index is 240. The fourth-order valence-corrected chi connectivity index (χ4v) is 10.2. The van der Waals surface area contributed by atoms with Crippen LogP contribution in [0.25, 0.3) is 0 Å². The molecule has 0 aromatic heterocycles. The molecule has 0 saturated carbocycles. The van der Waals surface area contributed by atoms with E-state index in [1.807, 2.05) is 0 Å². The third-order valence-corrected chi connectivity index (χ3v) is 12.1. The average molecular weight is 407 g/mol. The number of hydrogen-bond acceptors (Lipinski definition) is 1. The van der Waals surface area contributed by atoms with Gasteiger partial charge in [-0.25, -0.2) is 12.2 Å². The first-order valence-corrected chi connectivity index (χ1v) is 12.4. The van der Waals surface area contributed by atoms with Crippen molar-refractivity contribution in [2.45, 2.75) is 78.0 Å². The minimum Gasteiger partial charge on any atom is -0.806 e. The summed E-state index contributed by atoms with van der Waals surface area (Å²) in [6, 6.07) is 0. The fourth-order valence-electron chi connectivity index (χ4n) is 2.82. The maximum atomic E-state index is 4.86. The van der Waals surface area contributed by atoms with Crippen molar-refractivity contribution in [3.8, 4) is 0 Å². The molecule has 0 rings (SSSR count). The molecule has 0 N–H and O–H groups in total. The van der Waals surface area contributed by atoms with E-state index in [0.29, 0.717) is 0 Å². The van der Waals surface area contributed by atoms with Crippen molar-refractivity contribution in [2.24, 2.45) is 0 Å². The molecule has 0 aliphatic carbocycles. The van der Waals surface area contributed by atoms with Crippen molar-refractivity contribution >= 4 is 28.5 Å². The molecule has 0 spiro atoms. The molecule has 0 heterocycles. The topological polar surface area (TPSA) is 0 Å². The first-order chi connectivity index (χ1) is 9.68. The minimum absolute atomic E-state index is 0. The van der Waals surface area contributed by atoms with Gasteiger partial charge in [0.1, 0.15) is 0 Å². The zero-order valence-electron chi connectivity index (χ0n) is 15.8. The standard InChI is InChI=1S/C14H32P2.C4H5S.Ni/c1-11(2)15(12(3)4)9-10-16(13(5)6)14(7)8;1-2-3-4-5;/h11-14H,9-10H2,1-8H3;1-5H;/q;-1;+2/p+1. The molecule has 0 aliphatic heterocycles. The van der Waals surface area contributed by atoms with Crippen LogP contribution in [0.3, 0.4) is 0 Å². The third-order valence-electron chi connectivity index (χ3n) is 3.86. The van der Waals surface area contributed by atoms with E-state index in [9.17, 15) is 0 Å². The summed E-state index contributed by atoms with van der Waals surface area (Å²) in [5.74, 6) is 0. The van der Waals surface area contributed by atoms with Crippen molar-refractivity contribution in [1.29, 1.82) is 0 Å². The summed E-state index contributed by atoms with van der Waals surface area (Å²) >= 11 is 4.36. The molecular weight excluding hydrogens is 369 g/mol. The molecular formula is C18H38NiP2S+2. The molecule has 0 aromatic carbocycles. The van der Waals surface area contributed by atoms with Crippen LogP contribution in [0.15, 0.2) is 17.6 Å². The number of hydrogen-bond donors (Lipinski definition) is 0. The Labute approximate surface area is 159 Å². The average Bonchev–Trinajstić information content (AvgIpc) is 2.34. The molecule has 0 aromatic rings. The Morgan fingerprint density at radius 1 is 0.773 bits per heavy atom. The van der Waals surface area contributed by atoms with Gasteiger partial charge < -0.3 is 12.6 Å². The molecule has 4 heteroatoms. The maximum Gasteiger partial charge on any atom is 2.00 e. The number of rotatable bonds is 8. The van der Waals surface area contributed by atoms with Gasteiger partial charge in [0.25, 0.3) is 0 Å². The predicted octanol–water partition coefficient (Wildman–Crippen LogP) is 6.08. The van der Waals surface area contributed by atoms with Crippen molar-refractivity contribution in [3.63, 3.8) is 0 Å². The van der Waals surface area contributed by atoms with Gasteiger partial charge in [-0.15, -0.1) is 0 Å². The van der Waals surface area contributed by atoms with Gasteiger partial charge in [-0.3, -0.25) is 12.0 Å². The van der Waals surface area contributed by atoms with Crippen LogP contribution in [0.2, 0.25) is 0 Å². The smallest absolute Gasteiger partial charge is 0.806 e.